The van der Waals surface area contributed by atoms with Gasteiger partial charge in [0, 0.05) is 31.3 Å². The highest BCUT2D eigenvalue weighted by Crippen LogP contribution is 2.72. The number of ketones is 1. The van der Waals surface area contributed by atoms with Crippen LogP contribution in [0.5, 0.6) is 0 Å². The zero-order valence-corrected chi connectivity index (χ0v) is 25.0. The highest BCUT2D eigenvalue weighted by molar-refractivity contribution is 6.05. The molecule has 13 heteroatoms. The molecular weight excluding hydrogens is 575 g/mol. The fraction of sp³-hybridized carbons (Fsp3) is 0.800. The van der Waals surface area contributed by atoms with Gasteiger partial charge in [0.25, 0.3) is 0 Å². The van der Waals surface area contributed by atoms with E-state index in [0.29, 0.717) is 24.8 Å². The standard InChI is InChI=1S/C28H41NO7.C2HF3O2/c1-15-17-12-19(31)22-27(14-35-16(2)30)10-7-9-26(3,4)20(27)13-21(34-5)28(22,23(15)32)24(17)36-25(33)18-8-6-11-29-18;3-2(4,5)1(6)7/h17-22,24,29,31H,1,6-14H2,2-5H3;(H,6,7)/t17-,18-,19-,20+,21+,22-,24+,27-,28+;/m0./s1. The molecule has 4 aliphatic carbocycles. The molecular formula is C30H42F3NO9. The summed E-state index contributed by atoms with van der Waals surface area (Å²) in [6.45, 7) is 10.9. The zero-order valence-electron chi connectivity index (χ0n) is 25.0. The minimum absolute atomic E-state index is 0.0550. The minimum atomic E-state index is -5.08. The molecule has 10 nitrogen and oxygen atoms in total. The molecule has 4 saturated carbocycles. The van der Waals surface area contributed by atoms with Crippen molar-refractivity contribution in [1.29, 1.82) is 0 Å². The number of aliphatic carboxylic acids is 1. The number of nitrogens with one attached hydrogen (secondary N) is 1. The first kappa shape index (κ1) is 33.4. The molecule has 1 aliphatic heterocycles. The van der Waals surface area contributed by atoms with Crippen LogP contribution in [0.3, 0.4) is 0 Å². The van der Waals surface area contributed by atoms with Crippen molar-refractivity contribution in [1.82, 2.24) is 5.32 Å². The smallest absolute Gasteiger partial charge is 0.475 e. The Morgan fingerprint density at radius 3 is 2.33 bits per heavy atom. The Bertz CT molecular complexity index is 1150. The molecule has 1 heterocycles. The molecule has 2 bridgehead atoms. The SMILES string of the molecule is C=C1C(=O)[C@]23[C@H](OC(=O)[C@@H]4CCCN4)[C@H]1C[C@H](O)[C@H]2[C@]1(COC(C)=O)CCCC(C)(C)[C@H]1C[C@H]3OC.O=C(O)C(F)(F)F. The highest BCUT2D eigenvalue weighted by Gasteiger charge is 2.78. The second-order valence-electron chi connectivity index (χ2n) is 13.4. The van der Waals surface area contributed by atoms with Gasteiger partial charge in [-0.1, -0.05) is 26.8 Å². The van der Waals surface area contributed by atoms with Crippen molar-refractivity contribution in [3.05, 3.63) is 12.2 Å². The van der Waals surface area contributed by atoms with Crippen LogP contribution in [-0.4, -0.2) is 84.7 Å². The molecule has 0 radical (unpaired) electrons. The van der Waals surface area contributed by atoms with Gasteiger partial charge in [-0.15, -0.1) is 0 Å². The first-order valence-corrected chi connectivity index (χ1v) is 14.8. The Balaban J connectivity index is 0.000000541. The van der Waals surface area contributed by atoms with Crippen molar-refractivity contribution in [3.8, 4) is 0 Å². The number of fused-ring (bicyclic) bond motifs is 3. The van der Waals surface area contributed by atoms with E-state index in [1.54, 1.807) is 7.11 Å². The topological polar surface area (TPSA) is 148 Å². The van der Waals surface area contributed by atoms with E-state index in [1.807, 2.05) is 0 Å². The number of methoxy groups -OCH3 is 1. The van der Waals surface area contributed by atoms with Crippen LogP contribution < -0.4 is 5.32 Å². The summed E-state index contributed by atoms with van der Waals surface area (Å²) in [5, 5.41) is 22.1. The van der Waals surface area contributed by atoms with E-state index in [-0.39, 0.29) is 35.7 Å². The van der Waals surface area contributed by atoms with E-state index in [1.165, 1.54) is 6.92 Å². The second-order valence-corrected chi connectivity index (χ2v) is 13.4. The molecule has 3 N–H and O–H groups in total. The average Bonchev–Trinajstić information content (AvgIpc) is 3.50. The van der Waals surface area contributed by atoms with Gasteiger partial charge in [-0.2, -0.15) is 13.2 Å². The van der Waals surface area contributed by atoms with E-state index < -0.39 is 59.2 Å². The molecule has 5 aliphatic rings. The lowest BCUT2D eigenvalue weighted by molar-refractivity contribution is -0.272. The van der Waals surface area contributed by atoms with E-state index in [9.17, 15) is 32.7 Å². The van der Waals surface area contributed by atoms with Crippen molar-refractivity contribution in [2.45, 2.75) is 96.2 Å². The molecule has 1 spiro atoms. The van der Waals surface area contributed by atoms with Crippen LogP contribution in [-0.2, 0) is 33.4 Å². The summed E-state index contributed by atoms with van der Waals surface area (Å²) in [7, 11) is 1.60. The van der Waals surface area contributed by atoms with Crippen LogP contribution in [0.1, 0.15) is 65.7 Å². The van der Waals surface area contributed by atoms with Gasteiger partial charge in [0.2, 0.25) is 0 Å². The number of Topliss-reactive ketones (excluding diaryl/α,β-unsaturated/α-hetero) is 1. The zero-order chi connectivity index (χ0) is 32.1. The largest absolute Gasteiger partial charge is 0.490 e. The third-order valence-corrected chi connectivity index (χ3v) is 10.7. The van der Waals surface area contributed by atoms with Crippen LogP contribution in [0.2, 0.25) is 0 Å². The number of ether oxygens (including phenoxy) is 3. The molecule has 0 aromatic heterocycles. The Morgan fingerprint density at radius 1 is 1.14 bits per heavy atom. The second kappa shape index (κ2) is 11.8. The monoisotopic (exact) mass is 617 g/mol. The van der Waals surface area contributed by atoms with Crippen molar-refractivity contribution in [2.75, 3.05) is 20.3 Å². The highest BCUT2D eigenvalue weighted by atomic mass is 19.4. The van der Waals surface area contributed by atoms with Crippen molar-refractivity contribution < 1.29 is 56.8 Å². The molecule has 5 fully saturated rings. The fourth-order valence-corrected chi connectivity index (χ4v) is 9.18. The number of hydrogen-bond donors (Lipinski definition) is 3. The number of carboxylic acids is 1. The lowest BCUT2D eigenvalue weighted by Crippen LogP contribution is -2.72. The fourth-order valence-electron chi connectivity index (χ4n) is 9.18. The summed E-state index contributed by atoms with van der Waals surface area (Å²) in [4.78, 5) is 48.5. The van der Waals surface area contributed by atoms with Crippen LogP contribution >= 0.6 is 0 Å². The summed E-state index contributed by atoms with van der Waals surface area (Å²) < 4.78 is 49.8. The van der Waals surface area contributed by atoms with Gasteiger partial charge < -0.3 is 29.7 Å². The first-order chi connectivity index (χ1) is 19.9. The minimum Gasteiger partial charge on any atom is -0.475 e. The van der Waals surface area contributed by atoms with Gasteiger partial charge in [0.15, 0.2) is 5.78 Å². The third-order valence-electron chi connectivity index (χ3n) is 10.7. The molecule has 242 valence electrons. The van der Waals surface area contributed by atoms with Crippen molar-refractivity contribution in [2.24, 2.45) is 34.0 Å². The normalized spacial score (nSPS) is 39.6. The maximum atomic E-state index is 14.3. The number of aliphatic hydroxyl groups excluding tert-OH is 1. The Labute approximate surface area is 248 Å². The molecule has 0 unspecified atom stereocenters. The molecule has 0 amide bonds. The van der Waals surface area contributed by atoms with Crippen LogP contribution in [0, 0.1) is 34.0 Å². The summed E-state index contributed by atoms with van der Waals surface area (Å²) in [5.74, 6) is -4.63. The van der Waals surface area contributed by atoms with Crippen molar-refractivity contribution in [3.63, 3.8) is 0 Å². The lowest BCUT2D eigenvalue weighted by Gasteiger charge is -2.67. The lowest BCUT2D eigenvalue weighted by atomic mass is 9.39. The number of carboxylic acid groups (broad SMARTS) is 1. The number of rotatable bonds is 5. The number of hydrogen-bond acceptors (Lipinski definition) is 9. The maximum absolute atomic E-state index is 14.3. The summed E-state index contributed by atoms with van der Waals surface area (Å²) in [6.07, 6.45) is -2.14. The van der Waals surface area contributed by atoms with Crippen LogP contribution in [0.25, 0.3) is 0 Å². The molecule has 0 aromatic rings. The number of esters is 2. The molecule has 43 heavy (non-hydrogen) atoms. The third kappa shape index (κ3) is 5.50. The Kier molecular flexibility index (Phi) is 9.14. The van der Waals surface area contributed by atoms with Gasteiger partial charge in [0.05, 0.1) is 18.8 Å². The predicted octanol–water partition coefficient (Wildman–Crippen LogP) is 3.20. The molecule has 9 atom stereocenters. The number of carbonyl (C=O) groups is 4. The Morgan fingerprint density at radius 2 is 1.79 bits per heavy atom. The van der Waals surface area contributed by atoms with Gasteiger partial charge in [0.1, 0.15) is 17.6 Å². The van der Waals surface area contributed by atoms with Gasteiger partial charge in [-0.05, 0) is 62.0 Å². The summed E-state index contributed by atoms with van der Waals surface area (Å²) in [5.41, 5.74) is -1.59. The molecule has 0 aromatic carbocycles. The predicted molar refractivity (Wildman–Crippen MR) is 144 cm³/mol. The first-order valence-electron chi connectivity index (χ1n) is 14.8. The summed E-state index contributed by atoms with van der Waals surface area (Å²) in [6, 6.07) is -0.393. The van der Waals surface area contributed by atoms with Gasteiger partial charge >= 0.3 is 24.1 Å². The van der Waals surface area contributed by atoms with E-state index in [2.05, 4.69) is 25.7 Å². The van der Waals surface area contributed by atoms with E-state index in [0.717, 1.165) is 32.2 Å². The van der Waals surface area contributed by atoms with Crippen LogP contribution in [0.4, 0.5) is 13.2 Å². The number of aliphatic hydroxyl groups is 1. The average molecular weight is 618 g/mol. The number of carbonyl (C=O) groups excluding carboxylic acids is 3. The maximum Gasteiger partial charge on any atom is 0.490 e. The van der Waals surface area contributed by atoms with Crippen LogP contribution in [0.15, 0.2) is 12.2 Å². The molecule has 5 rings (SSSR count). The molecule has 1 saturated heterocycles. The quantitative estimate of drug-likeness (QED) is 0.310. The van der Waals surface area contributed by atoms with Gasteiger partial charge in [-0.3, -0.25) is 14.4 Å². The summed E-state index contributed by atoms with van der Waals surface area (Å²) >= 11 is 0. The van der Waals surface area contributed by atoms with E-state index >= 15 is 0 Å². The number of alkyl halides is 3. The van der Waals surface area contributed by atoms with Gasteiger partial charge in [-0.25, -0.2) is 4.79 Å². The number of halogens is 3. The Hall–Kier alpha value is -2.51. The van der Waals surface area contributed by atoms with E-state index in [4.69, 9.17) is 24.1 Å². The van der Waals surface area contributed by atoms with Crippen molar-refractivity contribution >= 4 is 23.7 Å².